The van der Waals surface area contributed by atoms with Gasteiger partial charge in [0.05, 0.1) is 6.54 Å². The number of anilines is 1. The lowest BCUT2D eigenvalue weighted by Gasteiger charge is -2.10. The molecule has 0 radical (unpaired) electrons. The van der Waals surface area contributed by atoms with Crippen LogP contribution in [0.15, 0.2) is 35.8 Å². The number of rotatable bonds is 4. The number of carbonyl (C=O) groups is 1. The Kier molecular flexibility index (Phi) is 4.48. The van der Waals surface area contributed by atoms with Gasteiger partial charge in [0.1, 0.15) is 5.01 Å². The van der Waals surface area contributed by atoms with Gasteiger partial charge in [-0.2, -0.15) is 0 Å². The molecule has 1 atom stereocenters. The molecule has 0 fully saturated rings. The number of thiazole rings is 1. The lowest BCUT2D eigenvalue weighted by Crippen LogP contribution is -2.28. The molecule has 0 aliphatic carbocycles. The molecule has 6 heteroatoms. The van der Waals surface area contributed by atoms with Crippen molar-refractivity contribution in [2.75, 3.05) is 5.32 Å². The molecule has 1 aromatic carbocycles. The number of aromatic nitrogens is 1. The average molecular weight is 276 g/mol. The molecule has 0 spiro atoms. The van der Waals surface area contributed by atoms with E-state index in [2.05, 4.69) is 15.6 Å². The summed E-state index contributed by atoms with van der Waals surface area (Å²) in [6, 6.07) is 7.19. The number of benzene rings is 1. The number of nitrogens with two attached hydrogens (primary N) is 1. The van der Waals surface area contributed by atoms with Crippen LogP contribution >= 0.6 is 11.3 Å². The number of nitrogens with one attached hydrogen (secondary N) is 2. The van der Waals surface area contributed by atoms with Gasteiger partial charge in [0, 0.05) is 23.3 Å². The van der Waals surface area contributed by atoms with Crippen molar-refractivity contribution in [1.82, 2.24) is 10.3 Å². The van der Waals surface area contributed by atoms with Gasteiger partial charge in [0.15, 0.2) is 0 Å². The first kappa shape index (κ1) is 13.5. The molecule has 0 saturated carbocycles. The molecule has 2 aromatic rings. The summed E-state index contributed by atoms with van der Waals surface area (Å²) >= 11 is 1.51. The van der Waals surface area contributed by atoms with E-state index in [9.17, 15) is 4.79 Å². The molecule has 2 amide bonds. The molecule has 1 heterocycles. The maximum atomic E-state index is 11.7. The molecule has 0 aliphatic heterocycles. The van der Waals surface area contributed by atoms with Crippen LogP contribution in [0.3, 0.4) is 0 Å². The Hall–Kier alpha value is -1.92. The van der Waals surface area contributed by atoms with Gasteiger partial charge in [-0.05, 0) is 24.6 Å². The van der Waals surface area contributed by atoms with Gasteiger partial charge >= 0.3 is 6.03 Å². The third-order valence-corrected chi connectivity index (χ3v) is 3.33. The fourth-order valence-corrected chi connectivity index (χ4v) is 2.13. The second kappa shape index (κ2) is 6.31. The second-order valence-electron chi connectivity index (χ2n) is 4.15. The largest absolute Gasteiger partial charge is 0.331 e. The molecular formula is C13H16N4OS. The summed E-state index contributed by atoms with van der Waals surface area (Å²) in [7, 11) is 0. The molecule has 5 nitrogen and oxygen atoms in total. The van der Waals surface area contributed by atoms with E-state index in [1.165, 1.54) is 11.3 Å². The highest BCUT2D eigenvalue weighted by Crippen LogP contribution is 2.15. The molecule has 1 aromatic heterocycles. The van der Waals surface area contributed by atoms with Crippen molar-refractivity contribution in [1.29, 1.82) is 0 Å². The first-order valence-corrected chi connectivity index (χ1v) is 6.82. The predicted octanol–water partition coefficient (Wildman–Crippen LogP) is 2.48. The molecule has 0 bridgehead atoms. The first-order valence-electron chi connectivity index (χ1n) is 5.94. The number of nitrogens with zero attached hydrogens (tertiary/aromatic N) is 1. The van der Waals surface area contributed by atoms with Crippen molar-refractivity contribution in [2.45, 2.75) is 19.5 Å². The second-order valence-corrected chi connectivity index (χ2v) is 5.13. The summed E-state index contributed by atoms with van der Waals surface area (Å²) in [5.74, 6) is 0. The summed E-state index contributed by atoms with van der Waals surface area (Å²) in [6.07, 6.45) is 1.71. The number of hydrogen-bond acceptors (Lipinski definition) is 4. The fraction of sp³-hybridized carbons (Fsp3) is 0.231. The first-order chi connectivity index (χ1) is 9.15. The lowest BCUT2D eigenvalue weighted by atomic mass is 10.1. The quantitative estimate of drug-likeness (QED) is 0.802. The van der Waals surface area contributed by atoms with Gasteiger partial charge in [-0.1, -0.05) is 12.1 Å². The van der Waals surface area contributed by atoms with Crippen LogP contribution in [0.25, 0.3) is 0 Å². The topological polar surface area (TPSA) is 80.0 Å². The minimum absolute atomic E-state index is 0.0554. The molecule has 0 saturated heterocycles. The third kappa shape index (κ3) is 4.04. The predicted molar refractivity (Wildman–Crippen MR) is 77.0 cm³/mol. The van der Waals surface area contributed by atoms with Gasteiger partial charge in [0.25, 0.3) is 0 Å². The van der Waals surface area contributed by atoms with Crippen LogP contribution in [-0.4, -0.2) is 11.0 Å². The minimum Gasteiger partial charge on any atom is -0.331 e. The fourth-order valence-electron chi connectivity index (χ4n) is 1.57. The van der Waals surface area contributed by atoms with Gasteiger partial charge in [-0.25, -0.2) is 9.78 Å². The van der Waals surface area contributed by atoms with Crippen molar-refractivity contribution in [2.24, 2.45) is 5.73 Å². The molecular weight excluding hydrogens is 260 g/mol. The summed E-state index contributed by atoms with van der Waals surface area (Å²) < 4.78 is 0. The number of amides is 2. The molecule has 0 aliphatic rings. The van der Waals surface area contributed by atoms with Gasteiger partial charge in [-0.15, -0.1) is 11.3 Å². The van der Waals surface area contributed by atoms with Gasteiger partial charge < -0.3 is 16.4 Å². The van der Waals surface area contributed by atoms with E-state index in [1.54, 1.807) is 6.20 Å². The third-order valence-electron chi connectivity index (χ3n) is 2.55. The van der Waals surface area contributed by atoms with Crippen molar-refractivity contribution in [3.8, 4) is 0 Å². The van der Waals surface area contributed by atoms with Crippen molar-refractivity contribution < 1.29 is 4.79 Å². The van der Waals surface area contributed by atoms with Crippen LogP contribution in [0, 0.1) is 0 Å². The monoisotopic (exact) mass is 276 g/mol. The molecule has 100 valence electrons. The number of hydrogen-bond donors (Lipinski definition) is 3. The summed E-state index contributed by atoms with van der Waals surface area (Å²) in [5.41, 5.74) is 7.51. The Morgan fingerprint density at radius 2 is 2.37 bits per heavy atom. The standard InChI is InChI=1S/C13H16N4OS/c1-9(14)10-3-2-4-11(7-10)17-13(18)16-8-12-15-5-6-19-12/h2-7,9H,8,14H2,1H3,(H2,16,17,18). The van der Waals surface area contributed by atoms with Crippen LogP contribution in [0.5, 0.6) is 0 Å². The molecule has 4 N–H and O–H groups in total. The lowest BCUT2D eigenvalue weighted by molar-refractivity contribution is 0.251. The number of carbonyl (C=O) groups excluding carboxylic acids is 1. The minimum atomic E-state index is -0.253. The van der Waals surface area contributed by atoms with Crippen LogP contribution in [0.2, 0.25) is 0 Å². The number of urea groups is 1. The highest BCUT2D eigenvalue weighted by atomic mass is 32.1. The Balaban J connectivity index is 1.89. The van der Waals surface area contributed by atoms with Crippen molar-refractivity contribution in [3.63, 3.8) is 0 Å². The van der Waals surface area contributed by atoms with Crippen molar-refractivity contribution in [3.05, 3.63) is 46.4 Å². The normalized spacial score (nSPS) is 11.9. The smallest absolute Gasteiger partial charge is 0.319 e. The Morgan fingerprint density at radius 1 is 1.53 bits per heavy atom. The van der Waals surface area contributed by atoms with E-state index in [1.807, 2.05) is 36.6 Å². The van der Waals surface area contributed by atoms with E-state index in [-0.39, 0.29) is 12.1 Å². The average Bonchev–Trinajstić information content (AvgIpc) is 2.90. The summed E-state index contributed by atoms with van der Waals surface area (Å²) in [6.45, 7) is 2.33. The molecule has 2 rings (SSSR count). The van der Waals surface area contributed by atoms with Gasteiger partial charge in [-0.3, -0.25) is 0 Å². The zero-order valence-electron chi connectivity index (χ0n) is 10.6. The van der Waals surface area contributed by atoms with Crippen LogP contribution < -0.4 is 16.4 Å². The van der Waals surface area contributed by atoms with E-state index < -0.39 is 0 Å². The maximum absolute atomic E-state index is 11.7. The molecule has 1 unspecified atom stereocenters. The summed E-state index contributed by atoms with van der Waals surface area (Å²) in [4.78, 5) is 15.8. The van der Waals surface area contributed by atoms with Gasteiger partial charge in [0.2, 0.25) is 0 Å². The Bertz CT molecular complexity index is 539. The Labute approximate surface area is 115 Å². The van der Waals surface area contributed by atoms with E-state index >= 15 is 0 Å². The SMILES string of the molecule is CC(N)c1cccc(NC(=O)NCc2nccs2)c1. The van der Waals surface area contributed by atoms with E-state index in [0.717, 1.165) is 16.3 Å². The van der Waals surface area contributed by atoms with Crippen LogP contribution in [0.4, 0.5) is 10.5 Å². The zero-order chi connectivity index (χ0) is 13.7. The summed E-state index contributed by atoms with van der Waals surface area (Å²) in [5, 5.41) is 8.27. The van der Waals surface area contributed by atoms with Crippen LogP contribution in [-0.2, 0) is 6.54 Å². The van der Waals surface area contributed by atoms with E-state index in [4.69, 9.17) is 5.73 Å². The van der Waals surface area contributed by atoms with Crippen molar-refractivity contribution >= 4 is 23.1 Å². The zero-order valence-corrected chi connectivity index (χ0v) is 11.4. The van der Waals surface area contributed by atoms with Crippen LogP contribution in [0.1, 0.15) is 23.5 Å². The highest BCUT2D eigenvalue weighted by molar-refractivity contribution is 7.09. The maximum Gasteiger partial charge on any atom is 0.319 e. The highest BCUT2D eigenvalue weighted by Gasteiger charge is 2.05. The Morgan fingerprint density at radius 3 is 3.05 bits per heavy atom. The molecule has 19 heavy (non-hydrogen) atoms. The van der Waals surface area contributed by atoms with E-state index in [0.29, 0.717) is 6.54 Å².